The van der Waals surface area contributed by atoms with E-state index in [4.69, 9.17) is 0 Å². The smallest absolute Gasteiger partial charge is 0.0485 e. The van der Waals surface area contributed by atoms with Crippen molar-refractivity contribution in [2.75, 3.05) is 5.32 Å². The highest BCUT2D eigenvalue weighted by Gasteiger charge is 2.08. The number of fused-ring (bicyclic) bond motifs is 1. The van der Waals surface area contributed by atoms with Crippen molar-refractivity contribution in [1.82, 2.24) is 0 Å². The van der Waals surface area contributed by atoms with Crippen LogP contribution in [0, 0.1) is 13.8 Å². The third kappa shape index (κ3) is 2.92. The van der Waals surface area contributed by atoms with E-state index in [0.29, 0.717) is 0 Å². The molecule has 0 saturated carbocycles. The molecule has 3 rings (SSSR count). The minimum absolute atomic E-state index is 0.287. The van der Waals surface area contributed by atoms with Gasteiger partial charge in [0.15, 0.2) is 0 Å². The van der Waals surface area contributed by atoms with Crippen molar-refractivity contribution >= 4 is 16.5 Å². The highest BCUT2D eigenvalue weighted by Crippen LogP contribution is 2.25. The predicted molar refractivity (Wildman–Crippen MR) is 91.9 cm³/mol. The number of nitrogens with one attached hydrogen (secondary N) is 1. The number of aryl methyl sites for hydroxylation is 2. The molecule has 0 amide bonds. The number of rotatable bonds is 3. The second-order valence-corrected chi connectivity index (χ2v) is 5.79. The highest BCUT2D eigenvalue weighted by molar-refractivity contribution is 5.83. The molecular weight excluding hydrogens is 254 g/mol. The van der Waals surface area contributed by atoms with Crippen molar-refractivity contribution in [3.05, 3.63) is 77.4 Å². The summed E-state index contributed by atoms with van der Waals surface area (Å²) in [6.07, 6.45) is 0. The molecule has 0 radical (unpaired) electrons. The molecule has 0 aliphatic rings. The summed E-state index contributed by atoms with van der Waals surface area (Å²) in [5.74, 6) is 0. The van der Waals surface area contributed by atoms with Gasteiger partial charge in [-0.3, -0.25) is 0 Å². The predicted octanol–water partition coefficient (Wildman–Crippen LogP) is 5.63. The van der Waals surface area contributed by atoms with Gasteiger partial charge in [0.25, 0.3) is 0 Å². The summed E-state index contributed by atoms with van der Waals surface area (Å²) in [5, 5.41) is 6.22. The van der Waals surface area contributed by atoms with Gasteiger partial charge in [0.2, 0.25) is 0 Å². The fraction of sp³-hybridized carbons (Fsp3) is 0.200. The maximum absolute atomic E-state index is 3.63. The average Bonchev–Trinajstić information content (AvgIpc) is 2.50. The monoisotopic (exact) mass is 275 g/mol. The van der Waals surface area contributed by atoms with Gasteiger partial charge in [0.1, 0.15) is 0 Å². The zero-order valence-electron chi connectivity index (χ0n) is 12.9. The van der Waals surface area contributed by atoms with Gasteiger partial charge in [-0.15, -0.1) is 0 Å². The zero-order chi connectivity index (χ0) is 14.8. The Labute approximate surface area is 126 Å². The standard InChI is InChI=1S/C20H21N/c1-14-8-9-15(2)20(12-14)21-16(3)18-11-10-17-6-4-5-7-19(17)13-18/h4-13,16,21H,1-3H3. The minimum atomic E-state index is 0.287. The Bertz CT molecular complexity index is 774. The molecule has 1 unspecified atom stereocenters. The largest absolute Gasteiger partial charge is 0.378 e. The van der Waals surface area contributed by atoms with Crippen molar-refractivity contribution in [1.29, 1.82) is 0 Å². The second-order valence-electron chi connectivity index (χ2n) is 5.79. The maximum Gasteiger partial charge on any atom is 0.0485 e. The summed E-state index contributed by atoms with van der Waals surface area (Å²) in [4.78, 5) is 0. The summed E-state index contributed by atoms with van der Waals surface area (Å²) >= 11 is 0. The molecule has 21 heavy (non-hydrogen) atoms. The van der Waals surface area contributed by atoms with E-state index in [-0.39, 0.29) is 6.04 Å². The third-order valence-corrected chi connectivity index (χ3v) is 4.04. The molecule has 1 N–H and O–H groups in total. The molecular formula is C20H21N. The molecule has 0 bridgehead atoms. The van der Waals surface area contributed by atoms with Gasteiger partial charge in [-0.25, -0.2) is 0 Å². The first-order valence-electron chi connectivity index (χ1n) is 7.46. The van der Waals surface area contributed by atoms with E-state index in [1.54, 1.807) is 0 Å². The topological polar surface area (TPSA) is 12.0 Å². The molecule has 3 aromatic rings. The van der Waals surface area contributed by atoms with E-state index in [0.717, 1.165) is 0 Å². The van der Waals surface area contributed by atoms with Crippen LogP contribution in [0.15, 0.2) is 60.7 Å². The van der Waals surface area contributed by atoms with Crippen LogP contribution >= 0.6 is 0 Å². The third-order valence-electron chi connectivity index (χ3n) is 4.04. The Kier molecular flexibility index (Phi) is 3.66. The number of hydrogen-bond donors (Lipinski definition) is 1. The fourth-order valence-electron chi connectivity index (χ4n) is 2.69. The van der Waals surface area contributed by atoms with E-state index in [1.165, 1.54) is 33.2 Å². The fourth-order valence-corrected chi connectivity index (χ4v) is 2.69. The number of benzene rings is 3. The van der Waals surface area contributed by atoms with E-state index in [9.17, 15) is 0 Å². The summed E-state index contributed by atoms with van der Waals surface area (Å²) in [7, 11) is 0. The average molecular weight is 275 g/mol. The minimum Gasteiger partial charge on any atom is -0.378 e. The molecule has 0 aromatic heterocycles. The molecule has 0 spiro atoms. The normalized spacial score (nSPS) is 12.3. The first-order valence-corrected chi connectivity index (χ1v) is 7.46. The van der Waals surface area contributed by atoms with Gasteiger partial charge >= 0.3 is 0 Å². The van der Waals surface area contributed by atoms with Crippen LogP contribution in [-0.2, 0) is 0 Å². The van der Waals surface area contributed by atoms with E-state index in [2.05, 4.69) is 86.8 Å². The quantitative estimate of drug-likeness (QED) is 0.653. The Hall–Kier alpha value is -2.28. The molecule has 1 atom stereocenters. The van der Waals surface area contributed by atoms with Crippen LogP contribution in [0.25, 0.3) is 10.8 Å². The van der Waals surface area contributed by atoms with Gasteiger partial charge in [0, 0.05) is 11.7 Å². The van der Waals surface area contributed by atoms with Crippen LogP contribution in [-0.4, -0.2) is 0 Å². The van der Waals surface area contributed by atoms with Gasteiger partial charge in [-0.05, 0) is 60.4 Å². The van der Waals surface area contributed by atoms with Crippen molar-refractivity contribution in [2.24, 2.45) is 0 Å². The van der Waals surface area contributed by atoms with E-state index < -0.39 is 0 Å². The van der Waals surface area contributed by atoms with Gasteiger partial charge < -0.3 is 5.32 Å². The van der Waals surface area contributed by atoms with Crippen LogP contribution in [0.3, 0.4) is 0 Å². The van der Waals surface area contributed by atoms with Gasteiger partial charge in [0.05, 0.1) is 0 Å². The second kappa shape index (κ2) is 5.61. The van der Waals surface area contributed by atoms with Gasteiger partial charge in [-0.2, -0.15) is 0 Å². The lowest BCUT2D eigenvalue weighted by Gasteiger charge is -2.18. The van der Waals surface area contributed by atoms with E-state index in [1.807, 2.05) is 0 Å². The molecule has 0 aliphatic carbocycles. The summed E-state index contributed by atoms with van der Waals surface area (Å²) in [6, 6.07) is 22.0. The molecule has 1 nitrogen and oxygen atoms in total. The van der Waals surface area contributed by atoms with Crippen molar-refractivity contribution < 1.29 is 0 Å². The van der Waals surface area contributed by atoms with Crippen LogP contribution < -0.4 is 5.32 Å². The van der Waals surface area contributed by atoms with Crippen LogP contribution in [0.5, 0.6) is 0 Å². The molecule has 0 aliphatic heterocycles. The van der Waals surface area contributed by atoms with Crippen molar-refractivity contribution in [3.8, 4) is 0 Å². The molecule has 0 saturated heterocycles. The Balaban J connectivity index is 1.89. The lowest BCUT2D eigenvalue weighted by Crippen LogP contribution is -2.07. The summed E-state index contributed by atoms with van der Waals surface area (Å²) in [6.45, 7) is 6.49. The molecule has 106 valence electrons. The van der Waals surface area contributed by atoms with Crippen LogP contribution in [0.2, 0.25) is 0 Å². The van der Waals surface area contributed by atoms with Gasteiger partial charge in [-0.1, -0.05) is 48.5 Å². The molecule has 0 heterocycles. The van der Waals surface area contributed by atoms with Crippen molar-refractivity contribution in [3.63, 3.8) is 0 Å². The molecule has 3 aromatic carbocycles. The Morgan fingerprint density at radius 1 is 0.810 bits per heavy atom. The number of hydrogen-bond acceptors (Lipinski definition) is 1. The molecule has 1 heteroatoms. The molecule has 0 fully saturated rings. The van der Waals surface area contributed by atoms with Crippen molar-refractivity contribution in [2.45, 2.75) is 26.8 Å². The Morgan fingerprint density at radius 2 is 1.57 bits per heavy atom. The lowest BCUT2D eigenvalue weighted by atomic mass is 10.0. The van der Waals surface area contributed by atoms with E-state index >= 15 is 0 Å². The van der Waals surface area contributed by atoms with Crippen LogP contribution in [0.1, 0.15) is 29.7 Å². The first-order chi connectivity index (χ1) is 10.1. The summed E-state index contributed by atoms with van der Waals surface area (Å²) in [5.41, 5.74) is 5.10. The Morgan fingerprint density at radius 3 is 2.38 bits per heavy atom. The maximum atomic E-state index is 3.63. The number of anilines is 1. The SMILES string of the molecule is Cc1ccc(C)c(NC(C)c2ccc3ccccc3c2)c1. The van der Waals surface area contributed by atoms with Crippen LogP contribution in [0.4, 0.5) is 5.69 Å². The zero-order valence-corrected chi connectivity index (χ0v) is 12.9. The lowest BCUT2D eigenvalue weighted by molar-refractivity contribution is 0.884. The highest BCUT2D eigenvalue weighted by atomic mass is 14.9. The summed E-state index contributed by atoms with van der Waals surface area (Å²) < 4.78 is 0. The first kappa shape index (κ1) is 13.7.